The summed E-state index contributed by atoms with van der Waals surface area (Å²) in [6.07, 6.45) is -4.43. The Kier molecular flexibility index (Phi) is 5.84. The van der Waals surface area contributed by atoms with Gasteiger partial charge in [0.15, 0.2) is 0 Å². The predicted molar refractivity (Wildman–Crippen MR) is 65.7 cm³/mol. The number of carbonyl (C=O) groups excluding carboxylic acids is 1. The Bertz CT molecular complexity index is 365. The van der Waals surface area contributed by atoms with E-state index >= 15 is 0 Å². The Morgan fingerprint density at radius 1 is 1.40 bits per heavy atom. The number of rotatable bonds is 5. The highest BCUT2D eigenvalue weighted by atomic mass is 16.4. The minimum Gasteiger partial charge on any atom is -0.480 e. The second kappa shape index (κ2) is 6.95. The normalized spacial score (nSPS) is 33.2. The van der Waals surface area contributed by atoms with Gasteiger partial charge in [-0.05, 0) is 0 Å². The highest BCUT2D eigenvalue weighted by molar-refractivity contribution is 5.75. The van der Waals surface area contributed by atoms with Gasteiger partial charge in [0.25, 0.3) is 0 Å². The fourth-order valence-electron chi connectivity index (χ4n) is 2.28. The summed E-state index contributed by atoms with van der Waals surface area (Å²) in [5.74, 6) is -1.69. The fraction of sp³-hybridized carbons (Fsp3) is 0.818. The quantitative estimate of drug-likeness (QED) is 0.273. The molecule has 0 aromatic rings. The molecule has 1 rings (SSSR count). The van der Waals surface area contributed by atoms with Crippen LogP contribution in [0.1, 0.15) is 13.3 Å². The zero-order chi connectivity index (χ0) is 15.4. The van der Waals surface area contributed by atoms with E-state index in [1.807, 2.05) is 0 Å². The van der Waals surface area contributed by atoms with Crippen molar-refractivity contribution < 1.29 is 35.1 Å². The van der Waals surface area contributed by atoms with Crippen LogP contribution in [0, 0.1) is 0 Å². The number of carbonyl (C=O) groups is 2. The standard InChI is InChI=1S/C11H20N2O7/c1-4(15)12-8-6(16)2-5(11(19)20)13-9(8)10(18)7(17)3-14/h5-10,13-14,16-18H,2-3H2,1H3,(H,12,15)(H,19,20)/t5-,6+,7-,8-,9?,10-/m1/s1. The number of nitrogens with one attached hydrogen (secondary N) is 2. The first-order chi connectivity index (χ1) is 9.27. The molecule has 1 saturated heterocycles. The topological polar surface area (TPSA) is 159 Å². The maximum Gasteiger partial charge on any atom is 0.320 e. The van der Waals surface area contributed by atoms with Gasteiger partial charge < -0.3 is 30.8 Å². The summed E-state index contributed by atoms with van der Waals surface area (Å²) >= 11 is 0. The number of amides is 1. The highest BCUT2D eigenvalue weighted by Crippen LogP contribution is 2.19. The van der Waals surface area contributed by atoms with E-state index in [0.717, 1.165) is 0 Å². The SMILES string of the molecule is CC(=O)N[C@H]1C([C@H](O)[C@H](O)CO)N[C@@H](C(=O)O)C[C@@H]1O. The fourth-order valence-corrected chi connectivity index (χ4v) is 2.28. The van der Waals surface area contributed by atoms with E-state index in [2.05, 4.69) is 10.6 Å². The third kappa shape index (κ3) is 3.87. The Labute approximate surface area is 115 Å². The highest BCUT2D eigenvalue weighted by Gasteiger charge is 2.44. The number of hydrogen-bond acceptors (Lipinski definition) is 7. The van der Waals surface area contributed by atoms with Gasteiger partial charge in [0, 0.05) is 13.3 Å². The third-order valence-electron chi connectivity index (χ3n) is 3.29. The smallest absolute Gasteiger partial charge is 0.320 e. The molecule has 0 aromatic carbocycles. The van der Waals surface area contributed by atoms with Crippen LogP contribution in [-0.2, 0) is 9.59 Å². The van der Waals surface area contributed by atoms with Crippen molar-refractivity contribution in [3.63, 3.8) is 0 Å². The minimum absolute atomic E-state index is 0.154. The summed E-state index contributed by atoms with van der Waals surface area (Å²) in [6.45, 7) is 0.474. The molecule has 0 spiro atoms. The van der Waals surface area contributed by atoms with Crippen LogP contribution in [0.25, 0.3) is 0 Å². The van der Waals surface area contributed by atoms with Crippen LogP contribution in [0.5, 0.6) is 0 Å². The molecular weight excluding hydrogens is 272 g/mol. The van der Waals surface area contributed by atoms with Crippen LogP contribution >= 0.6 is 0 Å². The van der Waals surface area contributed by atoms with E-state index in [1.54, 1.807) is 0 Å². The summed E-state index contributed by atoms with van der Waals surface area (Å²) in [7, 11) is 0. The van der Waals surface area contributed by atoms with Gasteiger partial charge in [-0.3, -0.25) is 14.9 Å². The molecule has 0 radical (unpaired) electrons. The van der Waals surface area contributed by atoms with Crippen LogP contribution in [-0.4, -0.2) is 80.5 Å². The molecular formula is C11H20N2O7. The van der Waals surface area contributed by atoms with E-state index in [1.165, 1.54) is 6.92 Å². The van der Waals surface area contributed by atoms with Gasteiger partial charge in [-0.1, -0.05) is 0 Å². The maximum atomic E-state index is 11.1. The molecule has 1 aliphatic rings. The van der Waals surface area contributed by atoms with Crippen LogP contribution in [0.4, 0.5) is 0 Å². The monoisotopic (exact) mass is 292 g/mol. The molecule has 116 valence electrons. The average Bonchev–Trinajstić information content (AvgIpc) is 2.38. The molecule has 0 aromatic heterocycles. The van der Waals surface area contributed by atoms with Gasteiger partial charge in [-0.2, -0.15) is 0 Å². The van der Waals surface area contributed by atoms with Gasteiger partial charge in [-0.25, -0.2) is 0 Å². The van der Waals surface area contributed by atoms with Gasteiger partial charge in [0.05, 0.1) is 30.9 Å². The zero-order valence-electron chi connectivity index (χ0n) is 10.9. The molecule has 0 saturated carbocycles. The first-order valence-corrected chi connectivity index (χ1v) is 6.19. The van der Waals surface area contributed by atoms with E-state index in [-0.39, 0.29) is 6.42 Å². The predicted octanol–water partition coefficient (Wildman–Crippen LogP) is -3.62. The van der Waals surface area contributed by atoms with Crippen LogP contribution < -0.4 is 10.6 Å². The number of carboxylic acids is 1. The van der Waals surface area contributed by atoms with Crippen molar-refractivity contribution in [1.82, 2.24) is 10.6 Å². The molecule has 20 heavy (non-hydrogen) atoms. The Morgan fingerprint density at radius 2 is 2.00 bits per heavy atom. The summed E-state index contributed by atoms with van der Waals surface area (Å²) < 4.78 is 0. The van der Waals surface area contributed by atoms with Crippen molar-refractivity contribution in [3.8, 4) is 0 Å². The zero-order valence-corrected chi connectivity index (χ0v) is 10.9. The maximum absolute atomic E-state index is 11.1. The second-order valence-electron chi connectivity index (χ2n) is 4.85. The summed E-state index contributed by atoms with van der Waals surface area (Å²) in [5, 5.41) is 52.1. The Hall–Kier alpha value is -1.26. The molecule has 9 heteroatoms. The summed E-state index contributed by atoms with van der Waals surface area (Å²) in [5.41, 5.74) is 0. The molecule has 6 atom stereocenters. The van der Waals surface area contributed by atoms with Gasteiger partial charge >= 0.3 is 5.97 Å². The van der Waals surface area contributed by atoms with Gasteiger partial charge in [0.2, 0.25) is 5.91 Å². The summed E-state index contributed by atoms with van der Waals surface area (Å²) in [6, 6.07) is -3.20. The number of piperidine rings is 1. The molecule has 1 amide bonds. The number of aliphatic hydroxyl groups excluding tert-OH is 4. The lowest BCUT2D eigenvalue weighted by Crippen LogP contribution is -2.69. The van der Waals surface area contributed by atoms with E-state index < -0.39 is 54.9 Å². The van der Waals surface area contributed by atoms with Crippen molar-refractivity contribution >= 4 is 11.9 Å². The molecule has 1 heterocycles. The lowest BCUT2D eigenvalue weighted by atomic mass is 9.86. The van der Waals surface area contributed by atoms with Crippen molar-refractivity contribution in [2.24, 2.45) is 0 Å². The Morgan fingerprint density at radius 3 is 2.45 bits per heavy atom. The first-order valence-electron chi connectivity index (χ1n) is 6.19. The van der Waals surface area contributed by atoms with Crippen molar-refractivity contribution in [2.75, 3.05) is 6.61 Å². The molecule has 1 unspecified atom stereocenters. The molecule has 1 fully saturated rings. The first kappa shape index (κ1) is 16.8. The molecule has 0 aliphatic carbocycles. The van der Waals surface area contributed by atoms with Crippen molar-refractivity contribution in [2.45, 2.75) is 49.8 Å². The molecule has 0 bridgehead atoms. The third-order valence-corrected chi connectivity index (χ3v) is 3.29. The van der Waals surface area contributed by atoms with Crippen LogP contribution in [0.3, 0.4) is 0 Å². The van der Waals surface area contributed by atoms with Crippen LogP contribution in [0.15, 0.2) is 0 Å². The number of aliphatic carboxylic acids is 1. The average molecular weight is 292 g/mol. The minimum atomic E-state index is -1.55. The van der Waals surface area contributed by atoms with E-state index in [0.29, 0.717) is 0 Å². The van der Waals surface area contributed by atoms with Crippen molar-refractivity contribution in [3.05, 3.63) is 0 Å². The molecule has 9 nitrogen and oxygen atoms in total. The van der Waals surface area contributed by atoms with Crippen molar-refractivity contribution in [1.29, 1.82) is 0 Å². The largest absolute Gasteiger partial charge is 0.480 e. The van der Waals surface area contributed by atoms with E-state index in [4.69, 9.17) is 10.2 Å². The van der Waals surface area contributed by atoms with E-state index in [9.17, 15) is 24.9 Å². The lowest BCUT2D eigenvalue weighted by Gasteiger charge is -2.42. The van der Waals surface area contributed by atoms with Gasteiger partial charge in [-0.15, -0.1) is 0 Å². The molecule has 1 aliphatic heterocycles. The summed E-state index contributed by atoms with van der Waals surface area (Å²) in [4.78, 5) is 22.1. The number of aliphatic hydroxyl groups is 4. The Balaban J connectivity index is 2.94. The number of carboxylic acid groups (broad SMARTS) is 1. The van der Waals surface area contributed by atoms with Crippen LogP contribution in [0.2, 0.25) is 0 Å². The van der Waals surface area contributed by atoms with Gasteiger partial charge in [0.1, 0.15) is 12.1 Å². The lowest BCUT2D eigenvalue weighted by molar-refractivity contribution is -0.144. The molecule has 7 N–H and O–H groups in total. The second-order valence-corrected chi connectivity index (χ2v) is 4.85. The number of hydrogen-bond donors (Lipinski definition) is 7.